The summed E-state index contributed by atoms with van der Waals surface area (Å²) in [6.07, 6.45) is 0. The Hall–Kier alpha value is -6.70. The predicted molar refractivity (Wildman–Crippen MR) is 230 cm³/mol. The van der Waals surface area contributed by atoms with E-state index in [4.69, 9.17) is 0 Å². The minimum Gasteiger partial charge on any atom is -0.310 e. The Balaban J connectivity index is 1.08. The zero-order valence-electron chi connectivity index (χ0n) is 30.8. The summed E-state index contributed by atoms with van der Waals surface area (Å²) in [7, 11) is 0. The minimum absolute atomic E-state index is 0.119. The average molecular weight is 700 g/mol. The van der Waals surface area contributed by atoms with Gasteiger partial charge in [-0.2, -0.15) is 0 Å². The molecule has 0 heterocycles. The molecule has 0 atom stereocenters. The lowest BCUT2D eigenvalue weighted by molar-refractivity contribution is 0.667. The highest BCUT2D eigenvalue weighted by molar-refractivity contribution is 6.07. The molecule has 1 heteroatoms. The zero-order valence-corrected chi connectivity index (χ0v) is 30.8. The van der Waals surface area contributed by atoms with E-state index in [0.717, 1.165) is 17.1 Å². The second kappa shape index (κ2) is 10.9. The molecule has 0 amide bonds. The van der Waals surface area contributed by atoms with Crippen molar-refractivity contribution in [2.45, 2.75) is 24.7 Å². The van der Waals surface area contributed by atoms with Crippen molar-refractivity contribution in [2.75, 3.05) is 4.90 Å². The summed E-state index contributed by atoms with van der Waals surface area (Å²) < 4.78 is 0. The Labute approximate surface area is 321 Å². The summed E-state index contributed by atoms with van der Waals surface area (Å²) >= 11 is 0. The SMILES string of the molecule is CC1(C)c2ccc3ccccc3c2-c2ccc3cc(N(c4ccccc4)c4ccc5c(c4)C4(c6ccccc6-c6ccccc64)c4ccccc4-5)ccc3c21. The smallest absolute Gasteiger partial charge is 0.0726 e. The van der Waals surface area contributed by atoms with E-state index >= 15 is 0 Å². The van der Waals surface area contributed by atoms with Crippen LogP contribution in [0, 0.1) is 0 Å². The zero-order chi connectivity index (χ0) is 36.5. The van der Waals surface area contributed by atoms with Crippen molar-refractivity contribution in [1.29, 1.82) is 0 Å². The molecule has 9 aromatic carbocycles. The third kappa shape index (κ3) is 3.92. The van der Waals surface area contributed by atoms with Crippen molar-refractivity contribution in [3.8, 4) is 33.4 Å². The quantitative estimate of drug-likeness (QED) is 0.177. The lowest BCUT2D eigenvalue weighted by Gasteiger charge is -2.32. The number of fused-ring (bicyclic) bond motifs is 17. The van der Waals surface area contributed by atoms with Gasteiger partial charge in [-0.3, -0.25) is 0 Å². The summed E-state index contributed by atoms with van der Waals surface area (Å²) in [6, 6.07) is 70.5. The summed E-state index contributed by atoms with van der Waals surface area (Å²) in [5.41, 5.74) is 19.2. The molecular weight excluding hydrogens is 663 g/mol. The van der Waals surface area contributed by atoms with E-state index in [-0.39, 0.29) is 5.41 Å². The monoisotopic (exact) mass is 699 g/mol. The highest BCUT2D eigenvalue weighted by Gasteiger charge is 2.51. The van der Waals surface area contributed by atoms with E-state index in [9.17, 15) is 0 Å². The molecule has 0 N–H and O–H groups in total. The fraction of sp³-hybridized carbons (Fsp3) is 0.0741. The largest absolute Gasteiger partial charge is 0.310 e. The van der Waals surface area contributed by atoms with Gasteiger partial charge in [0.15, 0.2) is 0 Å². The summed E-state index contributed by atoms with van der Waals surface area (Å²) in [5.74, 6) is 0. The number of hydrogen-bond donors (Lipinski definition) is 0. The number of hydrogen-bond acceptors (Lipinski definition) is 1. The van der Waals surface area contributed by atoms with Gasteiger partial charge in [0.05, 0.1) is 5.41 Å². The standard InChI is InChI=1S/C54H37N/c1-53(2)49-31-25-34-14-6-7-17-39(34)51(49)45-28-24-35-32-37(26-29-40(35)52(45)53)55(36-15-4-3-5-16-36)38-27-30-44-43-20-10-13-23-48(43)54(50(44)33-38)46-21-11-8-18-41(46)42-19-9-12-22-47(42)54/h3-33H,1-2H3. The van der Waals surface area contributed by atoms with Crippen LogP contribution < -0.4 is 4.90 Å². The van der Waals surface area contributed by atoms with Crippen LogP contribution in [0.4, 0.5) is 17.1 Å². The first-order valence-corrected chi connectivity index (χ1v) is 19.4. The maximum atomic E-state index is 2.49. The summed E-state index contributed by atoms with van der Waals surface area (Å²) in [5, 5.41) is 5.21. The van der Waals surface area contributed by atoms with Gasteiger partial charge in [0.25, 0.3) is 0 Å². The van der Waals surface area contributed by atoms with E-state index < -0.39 is 5.41 Å². The average Bonchev–Trinajstić information content (AvgIpc) is 3.80. The molecule has 1 nitrogen and oxygen atoms in total. The third-order valence-electron chi connectivity index (χ3n) is 13.0. The Morgan fingerprint density at radius 3 is 1.60 bits per heavy atom. The Bertz CT molecular complexity index is 3010. The molecule has 0 fully saturated rings. The van der Waals surface area contributed by atoms with Crippen LogP contribution in [0.3, 0.4) is 0 Å². The van der Waals surface area contributed by atoms with E-state index in [1.165, 1.54) is 88.3 Å². The molecule has 0 unspecified atom stereocenters. The van der Waals surface area contributed by atoms with E-state index in [0.29, 0.717) is 0 Å². The lowest BCUT2D eigenvalue weighted by Crippen LogP contribution is -2.26. The van der Waals surface area contributed by atoms with Crippen molar-refractivity contribution < 1.29 is 0 Å². The molecule has 0 saturated carbocycles. The second-order valence-electron chi connectivity index (χ2n) is 16.0. The van der Waals surface area contributed by atoms with Gasteiger partial charge in [-0.1, -0.05) is 166 Å². The molecule has 12 rings (SSSR count). The lowest BCUT2D eigenvalue weighted by atomic mass is 9.70. The Morgan fingerprint density at radius 1 is 0.345 bits per heavy atom. The van der Waals surface area contributed by atoms with E-state index in [1.807, 2.05) is 0 Å². The molecule has 1 spiro atoms. The number of benzene rings is 9. The number of para-hydroxylation sites is 1. The van der Waals surface area contributed by atoms with Crippen LogP contribution in [0.2, 0.25) is 0 Å². The molecule has 3 aliphatic rings. The van der Waals surface area contributed by atoms with Gasteiger partial charge in [-0.05, 0) is 125 Å². The second-order valence-corrected chi connectivity index (χ2v) is 16.0. The third-order valence-corrected chi connectivity index (χ3v) is 13.0. The van der Waals surface area contributed by atoms with Gasteiger partial charge in [0.2, 0.25) is 0 Å². The van der Waals surface area contributed by atoms with Crippen LogP contribution in [0.15, 0.2) is 188 Å². The van der Waals surface area contributed by atoms with Gasteiger partial charge in [-0.25, -0.2) is 0 Å². The summed E-state index contributed by atoms with van der Waals surface area (Å²) in [6.45, 7) is 4.79. The topological polar surface area (TPSA) is 3.24 Å². The van der Waals surface area contributed by atoms with E-state index in [1.54, 1.807) is 0 Å². The van der Waals surface area contributed by atoms with Crippen LogP contribution in [-0.4, -0.2) is 0 Å². The molecule has 9 aromatic rings. The van der Waals surface area contributed by atoms with Crippen LogP contribution in [0.1, 0.15) is 47.2 Å². The highest BCUT2D eigenvalue weighted by Crippen LogP contribution is 2.63. The van der Waals surface area contributed by atoms with Crippen molar-refractivity contribution in [3.05, 3.63) is 221 Å². The molecule has 0 radical (unpaired) electrons. The van der Waals surface area contributed by atoms with Crippen LogP contribution >= 0.6 is 0 Å². The van der Waals surface area contributed by atoms with Crippen molar-refractivity contribution >= 4 is 38.6 Å². The maximum absolute atomic E-state index is 2.49. The summed E-state index contributed by atoms with van der Waals surface area (Å²) in [4.78, 5) is 2.45. The minimum atomic E-state index is -0.397. The molecule has 258 valence electrons. The van der Waals surface area contributed by atoms with Crippen molar-refractivity contribution in [2.24, 2.45) is 0 Å². The molecule has 55 heavy (non-hydrogen) atoms. The normalized spacial score (nSPS) is 14.7. The fourth-order valence-electron chi connectivity index (χ4n) is 10.8. The van der Waals surface area contributed by atoms with Gasteiger partial charge >= 0.3 is 0 Å². The van der Waals surface area contributed by atoms with Crippen LogP contribution in [0.25, 0.3) is 54.9 Å². The van der Waals surface area contributed by atoms with Crippen molar-refractivity contribution in [3.63, 3.8) is 0 Å². The fourth-order valence-corrected chi connectivity index (χ4v) is 10.8. The van der Waals surface area contributed by atoms with Gasteiger partial charge < -0.3 is 4.90 Å². The van der Waals surface area contributed by atoms with Gasteiger partial charge in [0.1, 0.15) is 0 Å². The molecular formula is C54H37N. The van der Waals surface area contributed by atoms with E-state index in [2.05, 4.69) is 207 Å². The number of anilines is 3. The molecule has 0 aromatic heterocycles. The first-order valence-electron chi connectivity index (χ1n) is 19.4. The number of rotatable bonds is 3. The highest BCUT2D eigenvalue weighted by atomic mass is 15.1. The molecule has 0 bridgehead atoms. The van der Waals surface area contributed by atoms with Gasteiger partial charge in [0, 0.05) is 22.5 Å². The van der Waals surface area contributed by atoms with Gasteiger partial charge in [-0.15, -0.1) is 0 Å². The molecule has 0 saturated heterocycles. The first kappa shape index (κ1) is 30.7. The van der Waals surface area contributed by atoms with Crippen LogP contribution in [0.5, 0.6) is 0 Å². The molecule has 3 aliphatic carbocycles. The Morgan fingerprint density at radius 2 is 0.891 bits per heavy atom. The van der Waals surface area contributed by atoms with Crippen molar-refractivity contribution in [1.82, 2.24) is 0 Å². The first-order chi connectivity index (χ1) is 27.0. The maximum Gasteiger partial charge on any atom is 0.0726 e. The van der Waals surface area contributed by atoms with Crippen LogP contribution in [-0.2, 0) is 10.8 Å². The predicted octanol–water partition coefficient (Wildman–Crippen LogP) is 14.1. The Kier molecular flexibility index (Phi) is 6.11. The number of nitrogens with zero attached hydrogens (tertiary/aromatic N) is 1. The molecule has 0 aliphatic heterocycles.